The highest BCUT2D eigenvalue weighted by Crippen LogP contribution is 2.56. The quantitative estimate of drug-likeness (QED) is 0.156. The predicted molar refractivity (Wildman–Crippen MR) is 233 cm³/mol. The molecule has 0 saturated heterocycles. The highest BCUT2D eigenvalue weighted by Gasteiger charge is 2.46. The van der Waals surface area contributed by atoms with Gasteiger partial charge < -0.3 is 0 Å². The lowest BCUT2D eigenvalue weighted by Crippen LogP contribution is -2.29. The Morgan fingerprint density at radius 2 is 1.25 bits per heavy atom. The van der Waals surface area contributed by atoms with Gasteiger partial charge in [-0.1, -0.05) is 141 Å². The fourth-order valence-corrected chi connectivity index (χ4v) is 9.65. The maximum absolute atomic E-state index is 8.36. The Hall–Kier alpha value is -7.04. The van der Waals surface area contributed by atoms with Gasteiger partial charge in [-0.25, -0.2) is 9.55 Å². The average molecular weight is 737 g/mol. The smallest absolute Gasteiger partial charge is 0.249 e. The number of rotatable bonds is 6. The Morgan fingerprint density at radius 3 is 2.04 bits per heavy atom. The maximum Gasteiger partial charge on any atom is 0.249 e. The van der Waals surface area contributed by atoms with E-state index >= 15 is 0 Å². The number of hydrogen-bond donors (Lipinski definition) is 0. The number of nitrogens with zero attached hydrogens (tertiary/aromatic N) is 4. The third-order valence-corrected chi connectivity index (χ3v) is 12.1. The first kappa shape index (κ1) is 30.2. The molecule has 0 N–H and O–H groups in total. The van der Waals surface area contributed by atoms with Crippen molar-refractivity contribution < 1.29 is 8.68 Å². The van der Waals surface area contributed by atoms with Crippen LogP contribution in [0.4, 0.5) is 0 Å². The van der Waals surface area contributed by atoms with E-state index in [2.05, 4.69) is 170 Å². The molecule has 7 aromatic carbocycles. The molecule has 0 spiro atoms. The first-order chi connectivity index (χ1) is 29.2. The third kappa shape index (κ3) is 4.87. The third-order valence-electron chi connectivity index (χ3n) is 12.1. The van der Waals surface area contributed by atoms with Gasteiger partial charge in [0.25, 0.3) is 0 Å². The molecule has 11 rings (SSSR count). The Labute approximate surface area is 336 Å². The van der Waals surface area contributed by atoms with Crippen molar-refractivity contribution in [1.29, 1.82) is 0 Å². The molecule has 4 nitrogen and oxygen atoms in total. The van der Waals surface area contributed by atoms with Crippen LogP contribution in [0.5, 0.6) is 0 Å². The molecule has 0 radical (unpaired) electrons. The van der Waals surface area contributed by atoms with E-state index in [0.717, 1.165) is 50.1 Å². The van der Waals surface area contributed by atoms with Crippen LogP contribution in [0.3, 0.4) is 0 Å². The van der Waals surface area contributed by atoms with Crippen LogP contribution >= 0.6 is 0 Å². The van der Waals surface area contributed by atoms with Crippen LogP contribution in [0, 0.1) is 0 Å². The Kier molecular flexibility index (Phi) is 6.76. The maximum atomic E-state index is 8.36. The summed E-state index contributed by atoms with van der Waals surface area (Å²) in [7, 11) is 0. The molecule has 1 aliphatic rings. The van der Waals surface area contributed by atoms with Crippen molar-refractivity contribution in [1.82, 2.24) is 14.1 Å². The largest absolute Gasteiger partial charge is 0.294 e. The van der Waals surface area contributed by atoms with Crippen LogP contribution in [0.1, 0.15) is 51.7 Å². The summed E-state index contributed by atoms with van der Waals surface area (Å²) in [5, 5.41) is 2.32. The fraction of sp³-hybridized carbons (Fsp3) is 0.0943. The molecule has 0 atom stereocenters. The van der Waals surface area contributed by atoms with Gasteiger partial charge in [-0.05, 0) is 105 Å². The lowest BCUT2D eigenvalue weighted by molar-refractivity contribution is -0.645. The van der Waals surface area contributed by atoms with Crippen LogP contribution in [0.2, 0.25) is 0 Å². The molecule has 0 bridgehead atoms. The number of hydrogen-bond acceptors (Lipinski definition) is 1. The second kappa shape index (κ2) is 12.8. The van der Waals surface area contributed by atoms with Gasteiger partial charge in [0.2, 0.25) is 6.33 Å². The van der Waals surface area contributed by atoms with Crippen molar-refractivity contribution in [3.8, 4) is 33.8 Å². The highest BCUT2D eigenvalue weighted by molar-refractivity contribution is 6.09. The van der Waals surface area contributed by atoms with Gasteiger partial charge in [-0.2, -0.15) is 4.57 Å². The number of aromatic nitrogens is 4. The zero-order chi connectivity index (χ0) is 40.8. The zero-order valence-electron chi connectivity index (χ0n) is 34.8. The fourth-order valence-electron chi connectivity index (χ4n) is 9.65. The summed E-state index contributed by atoms with van der Waals surface area (Å²) < 4.78 is 30.8. The SMILES string of the molecule is [2H]C([2H])([2H])[n+]1cn(-c2cccc(C3(c4ccc5c6ccccc6n(-c6cc(-c7ccccc7C(C)C)ccn6)c5c4)c4ccccc4-c4ccccc43)c2)c2ccccc21. The number of pyridine rings is 1. The van der Waals surface area contributed by atoms with Crippen LogP contribution in [0.25, 0.3) is 66.6 Å². The van der Waals surface area contributed by atoms with E-state index in [9.17, 15) is 0 Å². The summed E-state index contributed by atoms with van der Waals surface area (Å²) in [6, 6.07) is 62.5. The van der Waals surface area contributed by atoms with Gasteiger partial charge in [-0.15, -0.1) is 0 Å². The molecule has 272 valence electrons. The Bertz CT molecular complexity index is 3270. The van der Waals surface area contributed by atoms with Gasteiger partial charge in [0.15, 0.2) is 11.0 Å². The molecule has 3 heterocycles. The Balaban J connectivity index is 1.19. The molecule has 0 aliphatic heterocycles. The molecule has 0 amide bonds. The normalized spacial score (nSPS) is 14.1. The lowest BCUT2D eigenvalue weighted by Gasteiger charge is -2.34. The first-order valence-corrected chi connectivity index (χ1v) is 19.7. The number of benzene rings is 7. The predicted octanol–water partition coefficient (Wildman–Crippen LogP) is 12.1. The number of imidazole rings is 1. The van der Waals surface area contributed by atoms with Gasteiger partial charge in [0.05, 0.1) is 27.5 Å². The molecule has 1 aliphatic carbocycles. The van der Waals surface area contributed by atoms with E-state index in [1.165, 1.54) is 43.3 Å². The molecule has 3 aromatic heterocycles. The Morgan fingerprint density at radius 1 is 0.579 bits per heavy atom. The molecule has 10 aromatic rings. The molecule has 57 heavy (non-hydrogen) atoms. The van der Waals surface area contributed by atoms with E-state index in [1.807, 2.05) is 35.0 Å². The second-order valence-electron chi connectivity index (χ2n) is 15.5. The molecule has 4 heteroatoms. The number of aryl methyl sites for hydroxylation is 1. The van der Waals surface area contributed by atoms with Crippen molar-refractivity contribution in [2.24, 2.45) is 6.98 Å². The summed E-state index contributed by atoms with van der Waals surface area (Å²) in [5.41, 5.74) is 14.5. The van der Waals surface area contributed by atoms with E-state index in [4.69, 9.17) is 9.10 Å². The van der Waals surface area contributed by atoms with Gasteiger partial charge in [-0.3, -0.25) is 4.57 Å². The molecular formula is C53H41N4+. The average Bonchev–Trinajstić information content (AvgIpc) is 3.94. The lowest BCUT2D eigenvalue weighted by atomic mass is 9.67. The van der Waals surface area contributed by atoms with Crippen molar-refractivity contribution in [2.45, 2.75) is 25.2 Å². The summed E-state index contributed by atoms with van der Waals surface area (Å²) in [4.78, 5) is 5.06. The number of fused-ring (bicyclic) bond motifs is 7. The van der Waals surface area contributed by atoms with E-state index in [0.29, 0.717) is 11.4 Å². The van der Waals surface area contributed by atoms with Crippen LogP contribution in [0.15, 0.2) is 188 Å². The summed E-state index contributed by atoms with van der Waals surface area (Å²) >= 11 is 0. The molecular weight excluding hydrogens is 693 g/mol. The van der Waals surface area contributed by atoms with Crippen molar-refractivity contribution >= 4 is 32.8 Å². The topological polar surface area (TPSA) is 26.6 Å². The van der Waals surface area contributed by atoms with Crippen LogP contribution < -0.4 is 4.57 Å². The summed E-state index contributed by atoms with van der Waals surface area (Å²) in [6.45, 7) is 2.15. The van der Waals surface area contributed by atoms with Gasteiger partial charge >= 0.3 is 0 Å². The van der Waals surface area contributed by atoms with E-state index < -0.39 is 12.4 Å². The van der Waals surface area contributed by atoms with Crippen LogP contribution in [-0.2, 0) is 12.4 Å². The monoisotopic (exact) mass is 736 g/mol. The van der Waals surface area contributed by atoms with E-state index in [1.54, 1.807) is 6.33 Å². The minimum absolute atomic E-state index is 0.374. The van der Waals surface area contributed by atoms with Crippen LogP contribution in [-0.4, -0.2) is 14.1 Å². The van der Waals surface area contributed by atoms with Crippen molar-refractivity contribution in [3.63, 3.8) is 0 Å². The number of para-hydroxylation sites is 3. The minimum Gasteiger partial charge on any atom is -0.294 e. The summed E-state index contributed by atoms with van der Waals surface area (Å²) in [6.07, 6.45) is 3.65. The molecule has 0 fully saturated rings. The standard InChI is InChI=1S/C53H41N4/c1-35(2)40-17-4-5-18-41(40)36-29-30-54-52(31-36)57-48-24-11-8-21-44(48)45-28-27-38(33-51(45)57)53(46-22-9-6-19-42(46)43-20-7-10-23-47(43)53)37-15-14-16-39(32-37)56-34-55(3)49-25-12-13-26-50(49)56/h4-35H,1-3H3/q+1/i3D3. The molecule has 0 saturated carbocycles. The first-order valence-electron chi connectivity index (χ1n) is 21.2. The minimum atomic E-state index is -2.34. The summed E-state index contributed by atoms with van der Waals surface area (Å²) in [5.74, 6) is 1.24. The van der Waals surface area contributed by atoms with E-state index in [-0.39, 0.29) is 0 Å². The van der Waals surface area contributed by atoms with Gasteiger partial charge in [0, 0.05) is 17.0 Å². The van der Waals surface area contributed by atoms with Crippen molar-refractivity contribution in [3.05, 3.63) is 216 Å². The zero-order valence-corrected chi connectivity index (χ0v) is 31.8. The van der Waals surface area contributed by atoms with Gasteiger partial charge in [0.1, 0.15) is 11.5 Å². The molecule has 0 unspecified atom stereocenters. The van der Waals surface area contributed by atoms with Crippen molar-refractivity contribution in [2.75, 3.05) is 0 Å². The highest BCUT2D eigenvalue weighted by atomic mass is 15.1. The second-order valence-corrected chi connectivity index (χ2v) is 15.5.